The van der Waals surface area contributed by atoms with Crippen LogP contribution in [0.2, 0.25) is 0 Å². The first kappa shape index (κ1) is 13.0. The van der Waals surface area contributed by atoms with Gasteiger partial charge in [0.05, 0.1) is 6.54 Å². The van der Waals surface area contributed by atoms with Crippen LogP contribution in [-0.2, 0) is 4.79 Å². The van der Waals surface area contributed by atoms with Crippen molar-refractivity contribution in [3.05, 3.63) is 0 Å². The molecule has 16 heavy (non-hydrogen) atoms. The lowest BCUT2D eigenvalue weighted by Crippen LogP contribution is -2.56. The van der Waals surface area contributed by atoms with Crippen molar-refractivity contribution < 1.29 is 4.79 Å². The van der Waals surface area contributed by atoms with Gasteiger partial charge in [-0.3, -0.25) is 9.69 Å². The zero-order valence-electron chi connectivity index (χ0n) is 10.6. The van der Waals surface area contributed by atoms with Crippen LogP contribution in [0.3, 0.4) is 0 Å². The molecule has 1 amide bonds. The number of carbonyl (C=O) groups excluding carboxylic acids is 1. The molecule has 4 heteroatoms. The van der Waals surface area contributed by atoms with Crippen LogP contribution in [-0.4, -0.2) is 61.5 Å². The van der Waals surface area contributed by atoms with E-state index >= 15 is 0 Å². The van der Waals surface area contributed by atoms with Gasteiger partial charge in [0, 0.05) is 25.2 Å². The summed E-state index contributed by atoms with van der Waals surface area (Å²) in [6.45, 7) is 6.35. The number of hydrogen-bond donors (Lipinski definition) is 1. The number of hydrogen-bond acceptors (Lipinski definition) is 3. The van der Waals surface area contributed by atoms with Crippen molar-refractivity contribution in [1.82, 2.24) is 15.1 Å². The van der Waals surface area contributed by atoms with Crippen molar-refractivity contribution in [3.63, 3.8) is 0 Å². The number of amides is 1. The van der Waals surface area contributed by atoms with Crippen molar-refractivity contribution in [3.8, 4) is 11.8 Å². The van der Waals surface area contributed by atoms with Crippen molar-refractivity contribution in [2.45, 2.75) is 25.9 Å². The van der Waals surface area contributed by atoms with Gasteiger partial charge in [0.15, 0.2) is 0 Å². The third-order valence-corrected chi connectivity index (χ3v) is 2.62. The van der Waals surface area contributed by atoms with Crippen LogP contribution < -0.4 is 5.32 Å². The van der Waals surface area contributed by atoms with Crippen LogP contribution in [0.1, 0.15) is 13.8 Å². The fraction of sp³-hybridized carbons (Fsp3) is 0.750. The fourth-order valence-electron chi connectivity index (χ4n) is 1.65. The van der Waals surface area contributed by atoms with Crippen molar-refractivity contribution >= 4 is 5.91 Å². The highest BCUT2D eigenvalue weighted by Gasteiger charge is 2.25. The maximum absolute atomic E-state index is 11.8. The zero-order valence-corrected chi connectivity index (χ0v) is 10.6. The first-order valence-electron chi connectivity index (χ1n) is 5.68. The molecule has 0 saturated carbocycles. The molecule has 0 aromatic carbocycles. The number of carbonyl (C=O) groups is 1. The molecule has 1 fully saturated rings. The molecule has 0 aromatic heterocycles. The second-order valence-corrected chi connectivity index (χ2v) is 4.66. The molecule has 0 bridgehead atoms. The quantitative estimate of drug-likeness (QED) is 0.623. The smallest absolute Gasteiger partial charge is 0.298 e. The van der Waals surface area contributed by atoms with E-state index in [1.165, 1.54) is 0 Å². The minimum Gasteiger partial charge on any atom is -0.326 e. The molecule has 0 aliphatic carbocycles. The van der Waals surface area contributed by atoms with E-state index in [9.17, 15) is 4.79 Å². The van der Waals surface area contributed by atoms with Crippen molar-refractivity contribution in [2.24, 2.45) is 0 Å². The Balaban J connectivity index is 2.53. The van der Waals surface area contributed by atoms with Crippen LogP contribution in [0, 0.1) is 11.8 Å². The van der Waals surface area contributed by atoms with Crippen molar-refractivity contribution in [1.29, 1.82) is 0 Å². The normalized spacial score (nSPS) is 25.2. The molecule has 90 valence electrons. The molecule has 1 aliphatic rings. The Morgan fingerprint density at radius 1 is 1.50 bits per heavy atom. The molecule has 1 aliphatic heterocycles. The first-order valence-corrected chi connectivity index (χ1v) is 5.68. The van der Waals surface area contributed by atoms with E-state index in [-0.39, 0.29) is 11.9 Å². The molecule has 1 rings (SSSR count). The molecule has 0 spiro atoms. The number of nitrogens with zero attached hydrogens (tertiary/aromatic N) is 2. The predicted molar refractivity (Wildman–Crippen MR) is 65.0 cm³/mol. The lowest BCUT2D eigenvalue weighted by atomic mass is 10.1. The van der Waals surface area contributed by atoms with Crippen LogP contribution in [0.4, 0.5) is 0 Å². The maximum atomic E-state index is 11.8. The molecule has 1 saturated heterocycles. The Labute approximate surface area is 98.0 Å². The highest BCUT2D eigenvalue weighted by atomic mass is 16.2. The average molecular weight is 223 g/mol. The summed E-state index contributed by atoms with van der Waals surface area (Å²) in [5.41, 5.74) is 0. The molecule has 1 heterocycles. The van der Waals surface area contributed by atoms with Crippen LogP contribution in [0.5, 0.6) is 0 Å². The lowest BCUT2D eigenvalue weighted by Gasteiger charge is -2.36. The Bertz CT molecular complexity index is 303. The Hall–Kier alpha value is -1.05. The van der Waals surface area contributed by atoms with Crippen LogP contribution in [0.25, 0.3) is 0 Å². The van der Waals surface area contributed by atoms with Gasteiger partial charge in [-0.1, -0.05) is 5.92 Å². The zero-order chi connectivity index (χ0) is 12.1. The highest BCUT2D eigenvalue weighted by molar-refractivity contribution is 5.93. The minimum atomic E-state index is -0.0531. The van der Waals surface area contributed by atoms with E-state index < -0.39 is 0 Å². The topological polar surface area (TPSA) is 35.6 Å². The van der Waals surface area contributed by atoms with E-state index in [1.54, 1.807) is 0 Å². The molecule has 2 atom stereocenters. The summed E-state index contributed by atoms with van der Waals surface area (Å²) >= 11 is 0. The first-order chi connectivity index (χ1) is 7.50. The van der Waals surface area contributed by atoms with Crippen molar-refractivity contribution in [2.75, 3.05) is 33.7 Å². The van der Waals surface area contributed by atoms with Gasteiger partial charge in [0.1, 0.15) is 0 Å². The van der Waals surface area contributed by atoms with E-state index in [0.717, 1.165) is 13.1 Å². The minimum absolute atomic E-state index is 0.0531. The third kappa shape index (κ3) is 3.84. The molecular formula is C12H21N3O. The lowest BCUT2D eigenvalue weighted by molar-refractivity contribution is -0.128. The standard InChI is InChI=1S/C12H21N3O/c1-10-9-15(11(2)8-13-10)12(16)6-5-7-14(3)4/h10-11,13H,7-9H2,1-4H3/t10-,11+/m0/s1. The number of piperazine rings is 1. The van der Waals surface area contributed by atoms with E-state index in [0.29, 0.717) is 12.6 Å². The largest absolute Gasteiger partial charge is 0.326 e. The summed E-state index contributed by atoms with van der Waals surface area (Å²) in [6, 6.07) is 0.591. The van der Waals surface area contributed by atoms with Gasteiger partial charge >= 0.3 is 0 Å². The fourth-order valence-corrected chi connectivity index (χ4v) is 1.65. The summed E-state index contributed by atoms with van der Waals surface area (Å²) in [5, 5.41) is 3.34. The molecule has 0 radical (unpaired) electrons. The monoisotopic (exact) mass is 223 g/mol. The molecule has 0 aromatic rings. The van der Waals surface area contributed by atoms with E-state index in [4.69, 9.17) is 0 Å². The Morgan fingerprint density at radius 3 is 2.81 bits per heavy atom. The predicted octanol–water partition coefficient (Wildman–Crippen LogP) is -0.240. The van der Waals surface area contributed by atoms with E-state index in [2.05, 4.69) is 24.1 Å². The highest BCUT2D eigenvalue weighted by Crippen LogP contribution is 2.06. The second-order valence-electron chi connectivity index (χ2n) is 4.66. The summed E-state index contributed by atoms with van der Waals surface area (Å²) in [4.78, 5) is 15.6. The summed E-state index contributed by atoms with van der Waals surface area (Å²) in [5.74, 6) is 5.53. The van der Waals surface area contributed by atoms with Gasteiger partial charge < -0.3 is 10.2 Å². The molecule has 0 unspecified atom stereocenters. The second kappa shape index (κ2) is 5.88. The average Bonchev–Trinajstić information content (AvgIpc) is 2.21. The van der Waals surface area contributed by atoms with Gasteiger partial charge in [0.25, 0.3) is 5.91 Å². The van der Waals surface area contributed by atoms with Crippen LogP contribution >= 0.6 is 0 Å². The SMILES string of the molecule is C[C@@H]1CN[C@@H](C)CN1C(=O)C#CCN(C)C. The summed E-state index contributed by atoms with van der Waals surface area (Å²) in [7, 11) is 3.88. The van der Waals surface area contributed by atoms with Gasteiger partial charge in [0.2, 0.25) is 0 Å². The van der Waals surface area contributed by atoms with Gasteiger partial charge in [-0.05, 0) is 33.9 Å². The maximum Gasteiger partial charge on any atom is 0.298 e. The Morgan fingerprint density at radius 2 is 2.19 bits per heavy atom. The van der Waals surface area contributed by atoms with Gasteiger partial charge in [-0.2, -0.15) is 0 Å². The summed E-state index contributed by atoms with van der Waals surface area (Å²) < 4.78 is 0. The Kier molecular flexibility index (Phi) is 4.78. The molecule has 1 N–H and O–H groups in total. The molecular weight excluding hydrogens is 202 g/mol. The van der Waals surface area contributed by atoms with Gasteiger partial charge in [-0.25, -0.2) is 0 Å². The third-order valence-electron chi connectivity index (χ3n) is 2.62. The van der Waals surface area contributed by atoms with Gasteiger partial charge in [-0.15, -0.1) is 0 Å². The number of rotatable bonds is 1. The number of nitrogens with one attached hydrogen (secondary N) is 1. The van der Waals surface area contributed by atoms with E-state index in [1.807, 2.05) is 30.8 Å². The molecule has 4 nitrogen and oxygen atoms in total. The summed E-state index contributed by atoms with van der Waals surface area (Å²) in [6.07, 6.45) is 0. The van der Waals surface area contributed by atoms with Crippen LogP contribution in [0.15, 0.2) is 0 Å².